The van der Waals surface area contributed by atoms with Crippen LogP contribution >= 0.6 is 0 Å². The van der Waals surface area contributed by atoms with E-state index in [-0.39, 0.29) is 37.7 Å². The van der Waals surface area contributed by atoms with Crippen molar-refractivity contribution in [3.63, 3.8) is 0 Å². The molecule has 1 rings (SSSR count). The molecule has 12 heavy (non-hydrogen) atoms. The molecular weight excluding hydrogens is 188 g/mol. The topological polar surface area (TPSA) is 77.8 Å². The molecule has 0 saturated carbocycles. The van der Waals surface area contributed by atoms with Gasteiger partial charge in [-0.2, -0.15) is 0 Å². The molecule has 0 spiro atoms. The van der Waals surface area contributed by atoms with Crippen molar-refractivity contribution in [2.45, 2.75) is 0 Å². The van der Waals surface area contributed by atoms with Gasteiger partial charge >= 0.3 is 43.9 Å². The van der Waals surface area contributed by atoms with Crippen LogP contribution in [0.1, 0.15) is 0 Å². The molecule has 3 N–H and O–H groups in total. The van der Waals surface area contributed by atoms with Crippen LogP contribution in [0.2, 0.25) is 0 Å². The van der Waals surface area contributed by atoms with Gasteiger partial charge in [0.25, 0.3) is 0 Å². The predicted octanol–water partition coefficient (Wildman–Crippen LogP) is 0.698. The SMILES string of the molecule is O=C(O)O.Oc1ccccc1.[CaH2]. The molecule has 0 unspecified atom stereocenters. The van der Waals surface area contributed by atoms with E-state index in [9.17, 15) is 0 Å². The zero-order valence-electron chi connectivity index (χ0n) is 5.64. The maximum atomic E-state index is 8.63. The summed E-state index contributed by atoms with van der Waals surface area (Å²) in [6, 6.07) is 8.71. The molecule has 0 aliphatic rings. The van der Waals surface area contributed by atoms with Crippen molar-refractivity contribution in [1.82, 2.24) is 0 Å². The van der Waals surface area contributed by atoms with E-state index in [1.807, 2.05) is 6.07 Å². The summed E-state index contributed by atoms with van der Waals surface area (Å²) in [5.41, 5.74) is 0. The third-order valence-corrected chi connectivity index (χ3v) is 0.756. The Kier molecular flexibility index (Phi) is 10.2. The normalized spacial score (nSPS) is 7.00. The number of benzene rings is 1. The van der Waals surface area contributed by atoms with Gasteiger partial charge in [-0.15, -0.1) is 0 Å². The van der Waals surface area contributed by atoms with Crippen LogP contribution < -0.4 is 0 Å². The summed E-state index contributed by atoms with van der Waals surface area (Å²) < 4.78 is 0. The molecule has 0 aromatic heterocycles. The minimum atomic E-state index is -1.83. The van der Waals surface area contributed by atoms with Crippen molar-refractivity contribution in [2.24, 2.45) is 0 Å². The van der Waals surface area contributed by atoms with Crippen LogP contribution in [0.3, 0.4) is 0 Å². The third kappa shape index (κ3) is 12.2. The van der Waals surface area contributed by atoms with Crippen molar-refractivity contribution < 1.29 is 20.1 Å². The van der Waals surface area contributed by atoms with Crippen LogP contribution in [0.4, 0.5) is 4.79 Å². The second-order valence-electron chi connectivity index (χ2n) is 1.62. The van der Waals surface area contributed by atoms with Crippen molar-refractivity contribution in [3.8, 4) is 5.75 Å². The summed E-state index contributed by atoms with van der Waals surface area (Å²) >= 11 is 0. The first-order chi connectivity index (χ1) is 5.13. The van der Waals surface area contributed by atoms with Crippen LogP contribution in [0.15, 0.2) is 30.3 Å². The fourth-order valence-corrected chi connectivity index (χ4v) is 0.428. The Hall–Kier alpha value is -0.450. The summed E-state index contributed by atoms with van der Waals surface area (Å²) in [5.74, 6) is 0.322. The van der Waals surface area contributed by atoms with E-state index in [1.54, 1.807) is 24.3 Å². The van der Waals surface area contributed by atoms with Crippen LogP contribution in [0, 0.1) is 0 Å². The number of carbonyl (C=O) groups is 1. The van der Waals surface area contributed by atoms with Gasteiger partial charge in [-0.25, -0.2) is 4.79 Å². The molecule has 64 valence electrons. The van der Waals surface area contributed by atoms with Gasteiger partial charge in [0.2, 0.25) is 0 Å². The Labute approximate surface area is 99.5 Å². The van der Waals surface area contributed by atoms with E-state index in [0.717, 1.165) is 0 Å². The molecule has 0 aliphatic heterocycles. The predicted molar refractivity (Wildman–Crippen MR) is 47.3 cm³/mol. The van der Waals surface area contributed by atoms with Crippen molar-refractivity contribution in [1.29, 1.82) is 0 Å². The Morgan fingerprint density at radius 2 is 1.42 bits per heavy atom. The monoisotopic (exact) mass is 198 g/mol. The minimum absolute atomic E-state index is 0. The first-order valence-electron chi connectivity index (χ1n) is 2.79. The maximum absolute atomic E-state index is 8.63. The zero-order valence-corrected chi connectivity index (χ0v) is 5.64. The average Bonchev–Trinajstić information content (AvgIpc) is 1.87. The molecule has 0 atom stereocenters. The van der Waals surface area contributed by atoms with E-state index in [2.05, 4.69) is 0 Å². The van der Waals surface area contributed by atoms with E-state index < -0.39 is 6.16 Å². The number of rotatable bonds is 0. The van der Waals surface area contributed by atoms with Gasteiger partial charge in [-0.1, -0.05) is 18.2 Å². The van der Waals surface area contributed by atoms with Gasteiger partial charge in [0, 0.05) is 0 Å². The summed E-state index contributed by atoms with van der Waals surface area (Å²) in [7, 11) is 0. The van der Waals surface area contributed by atoms with Crippen LogP contribution in [0.5, 0.6) is 5.75 Å². The second kappa shape index (κ2) is 8.64. The number of phenols is 1. The number of para-hydroxylation sites is 1. The number of phenolic OH excluding ortho intramolecular Hbond substituents is 1. The molecule has 1 aromatic carbocycles. The Morgan fingerprint density at radius 1 is 1.08 bits per heavy atom. The number of aromatic hydroxyl groups is 1. The molecular formula is C7H10CaO4. The summed E-state index contributed by atoms with van der Waals surface area (Å²) in [5, 5.41) is 22.6. The first kappa shape index (κ1) is 14.1. The van der Waals surface area contributed by atoms with E-state index in [4.69, 9.17) is 20.1 Å². The summed E-state index contributed by atoms with van der Waals surface area (Å²) in [6.45, 7) is 0. The van der Waals surface area contributed by atoms with Gasteiger partial charge in [0.15, 0.2) is 0 Å². The van der Waals surface area contributed by atoms with Gasteiger partial charge in [0.1, 0.15) is 5.75 Å². The molecule has 0 amide bonds. The van der Waals surface area contributed by atoms with E-state index in [0.29, 0.717) is 5.75 Å². The fraction of sp³-hybridized carbons (Fsp3) is 0. The molecule has 0 aliphatic carbocycles. The van der Waals surface area contributed by atoms with Crippen molar-refractivity contribution >= 4 is 43.9 Å². The Morgan fingerprint density at radius 3 is 1.58 bits per heavy atom. The molecule has 4 nitrogen and oxygen atoms in total. The third-order valence-electron chi connectivity index (χ3n) is 0.756. The number of hydrogen-bond donors (Lipinski definition) is 3. The number of carboxylic acid groups (broad SMARTS) is 2. The van der Waals surface area contributed by atoms with E-state index in [1.165, 1.54) is 0 Å². The summed E-state index contributed by atoms with van der Waals surface area (Å²) in [4.78, 5) is 8.56. The van der Waals surface area contributed by atoms with Crippen LogP contribution in [-0.2, 0) is 0 Å². The quantitative estimate of drug-likeness (QED) is 0.536. The molecule has 0 fully saturated rings. The van der Waals surface area contributed by atoms with Crippen molar-refractivity contribution in [2.75, 3.05) is 0 Å². The van der Waals surface area contributed by atoms with Gasteiger partial charge in [-0.05, 0) is 12.1 Å². The van der Waals surface area contributed by atoms with Crippen molar-refractivity contribution in [3.05, 3.63) is 30.3 Å². The van der Waals surface area contributed by atoms with E-state index >= 15 is 0 Å². The van der Waals surface area contributed by atoms with Gasteiger partial charge in [0.05, 0.1) is 0 Å². The van der Waals surface area contributed by atoms with Gasteiger partial charge in [-0.3, -0.25) is 0 Å². The second-order valence-corrected chi connectivity index (χ2v) is 1.62. The number of hydrogen-bond acceptors (Lipinski definition) is 2. The zero-order chi connectivity index (χ0) is 8.69. The molecule has 1 aromatic rings. The Balaban J connectivity index is 0. The van der Waals surface area contributed by atoms with Crippen LogP contribution in [0.25, 0.3) is 0 Å². The summed E-state index contributed by atoms with van der Waals surface area (Å²) in [6.07, 6.45) is -1.83. The first-order valence-corrected chi connectivity index (χ1v) is 2.79. The van der Waals surface area contributed by atoms with Crippen LogP contribution in [-0.4, -0.2) is 59.2 Å². The molecule has 5 heteroatoms. The molecule has 0 saturated heterocycles. The fourth-order valence-electron chi connectivity index (χ4n) is 0.428. The standard InChI is InChI=1S/C6H6O.CH2O3.Ca.2H/c7-6-4-2-1-3-5-6;2-1(3)4;;;/h1-5,7H;(H2,2,3,4);;;. The molecule has 0 radical (unpaired) electrons. The average molecular weight is 198 g/mol. The molecule has 0 heterocycles. The Bertz CT molecular complexity index is 208. The molecule has 0 bridgehead atoms. The van der Waals surface area contributed by atoms with Gasteiger partial charge < -0.3 is 15.3 Å².